The van der Waals surface area contributed by atoms with Crippen LogP contribution in [0.2, 0.25) is 0 Å². The quantitative estimate of drug-likeness (QED) is 0.903. The molecule has 0 aliphatic carbocycles. The molecule has 1 fully saturated rings. The number of hydrogen-bond donors (Lipinski definition) is 1. The van der Waals surface area contributed by atoms with Crippen molar-refractivity contribution < 1.29 is 14.6 Å². The highest BCUT2D eigenvalue weighted by atomic mass is 16.7. The molecule has 0 saturated carbocycles. The van der Waals surface area contributed by atoms with E-state index in [9.17, 15) is 5.11 Å². The Balaban J connectivity index is 1.57. The van der Waals surface area contributed by atoms with E-state index >= 15 is 0 Å². The summed E-state index contributed by atoms with van der Waals surface area (Å²) in [5, 5.41) is 9.63. The maximum atomic E-state index is 9.63. The summed E-state index contributed by atoms with van der Waals surface area (Å²) in [6, 6.07) is 6.64. The van der Waals surface area contributed by atoms with Gasteiger partial charge in [0, 0.05) is 19.1 Å². The largest absolute Gasteiger partial charge is 0.454 e. The van der Waals surface area contributed by atoms with Crippen molar-refractivity contribution in [3.05, 3.63) is 23.8 Å². The summed E-state index contributed by atoms with van der Waals surface area (Å²) in [5.41, 5.74) is 1.28. The lowest BCUT2D eigenvalue weighted by Gasteiger charge is -2.35. The van der Waals surface area contributed by atoms with Crippen LogP contribution in [0.4, 0.5) is 0 Å². The van der Waals surface area contributed by atoms with E-state index in [1.54, 1.807) is 0 Å². The van der Waals surface area contributed by atoms with Gasteiger partial charge in [0.05, 0.1) is 6.10 Å². The molecule has 3 rings (SSSR count). The highest BCUT2D eigenvalue weighted by Crippen LogP contribution is 2.32. The van der Waals surface area contributed by atoms with Gasteiger partial charge >= 0.3 is 0 Å². The van der Waals surface area contributed by atoms with Crippen LogP contribution in [0, 0.1) is 0 Å². The number of nitrogens with zero attached hydrogens (tertiary/aromatic N) is 1. The highest BCUT2D eigenvalue weighted by molar-refractivity contribution is 5.44. The van der Waals surface area contributed by atoms with Crippen LogP contribution in [0.3, 0.4) is 0 Å². The summed E-state index contributed by atoms with van der Waals surface area (Å²) in [5.74, 6) is 1.71. The van der Waals surface area contributed by atoms with E-state index in [-0.39, 0.29) is 6.10 Å². The maximum absolute atomic E-state index is 9.63. The molecule has 2 atom stereocenters. The van der Waals surface area contributed by atoms with Crippen LogP contribution in [0.25, 0.3) is 0 Å². The van der Waals surface area contributed by atoms with Crippen molar-refractivity contribution in [2.75, 3.05) is 19.9 Å². The Morgan fingerprint density at radius 2 is 2.16 bits per heavy atom. The van der Waals surface area contributed by atoms with E-state index in [4.69, 9.17) is 9.47 Å². The molecule has 19 heavy (non-hydrogen) atoms. The van der Waals surface area contributed by atoms with Gasteiger partial charge in [-0.1, -0.05) is 6.07 Å². The van der Waals surface area contributed by atoms with Crippen LogP contribution in [0.1, 0.15) is 25.3 Å². The lowest BCUT2D eigenvalue weighted by Crippen LogP contribution is -2.43. The molecule has 1 aromatic rings. The minimum atomic E-state index is -0.114. The van der Waals surface area contributed by atoms with Crippen molar-refractivity contribution >= 4 is 0 Å². The third-order valence-corrected chi connectivity index (χ3v) is 4.11. The molecule has 2 aliphatic heterocycles. The van der Waals surface area contributed by atoms with Crippen LogP contribution in [0.5, 0.6) is 11.5 Å². The average molecular weight is 263 g/mol. The van der Waals surface area contributed by atoms with Crippen LogP contribution in [0.15, 0.2) is 18.2 Å². The Labute approximate surface area is 113 Å². The van der Waals surface area contributed by atoms with Gasteiger partial charge in [-0.15, -0.1) is 0 Å². The molecule has 0 aromatic heterocycles. The second-order valence-electron chi connectivity index (χ2n) is 5.50. The average Bonchev–Trinajstić information content (AvgIpc) is 2.85. The van der Waals surface area contributed by atoms with E-state index in [1.165, 1.54) is 5.56 Å². The van der Waals surface area contributed by atoms with Gasteiger partial charge in [0.15, 0.2) is 11.5 Å². The van der Waals surface area contributed by atoms with Gasteiger partial charge in [0.2, 0.25) is 6.79 Å². The number of aliphatic hydroxyl groups excluding tert-OH is 1. The minimum Gasteiger partial charge on any atom is -0.454 e. The molecular formula is C15H21NO3. The second kappa shape index (κ2) is 5.39. The molecule has 0 bridgehead atoms. The standard InChI is InChI=1S/C15H21NO3/c1-11-8-13(17)5-7-16(11)6-4-12-2-3-14-15(9-12)19-10-18-14/h2-3,9,11,13,17H,4-8,10H2,1H3. The molecule has 0 radical (unpaired) electrons. The zero-order chi connectivity index (χ0) is 13.2. The van der Waals surface area contributed by atoms with E-state index in [1.807, 2.05) is 6.07 Å². The van der Waals surface area contributed by atoms with Crippen molar-refractivity contribution in [2.24, 2.45) is 0 Å². The Bertz CT molecular complexity index is 449. The van der Waals surface area contributed by atoms with Crippen LogP contribution in [-0.4, -0.2) is 42.0 Å². The van der Waals surface area contributed by atoms with Crippen LogP contribution < -0.4 is 9.47 Å². The summed E-state index contributed by atoms with van der Waals surface area (Å²) in [6.07, 6.45) is 2.68. The fraction of sp³-hybridized carbons (Fsp3) is 0.600. The van der Waals surface area contributed by atoms with Gasteiger partial charge in [-0.05, 0) is 43.9 Å². The molecule has 2 unspecified atom stereocenters. The number of aliphatic hydroxyl groups is 1. The van der Waals surface area contributed by atoms with Crippen molar-refractivity contribution in [2.45, 2.75) is 38.3 Å². The van der Waals surface area contributed by atoms with Gasteiger partial charge < -0.3 is 19.5 Å². The van der Waals surface area contributed by atoms with Gasteiger partial charge in [0.25, 0.3) is 0 Å². The van der Waals surface area contributed by atoms with Gasteiger partial charge in [-0.3, -0.25) is 0 Å². The Kier molecular flexibility index (Phi) is 3.62. The highest BCUT2D eigenvalue weighted by Gasteiger charge is 2.23. The number of piperidine rings is 1. The number of hydrogen-bond acceptors (Lipinski definition) is 4. The van der Waals surface area contributed by atoms with Gasteiger partial charge in [0.1, 0.15) is 0 Å². The zero-order valence-electron chi connectivity index (χ0n) is 11.3. The Morgan fingerprint density at radius 1 is 1.32 bits per heavy atom. The molecule has 0 spiro atoms. The third-order valence-electron chi connectivity index (χ3n) is 4.11. The zero-order valence-corrected chi connectivity index (χ0v) is 11.3. The van der Waals surface area contributed by atoms with Crippen molar-refractivity contribution in [1.82, 2.24) is 4.90 Å². The van der Waals surface area contributed by atoms with Crippen LogP contribution >= 0.6 is 0 Å². The molecule has 4 nitrogen and oxygen atoms in total. The van der Waals surface area contributed by atoms with E-state index in [2.05, 4.69) is 24.0 Å². The number of benzene rings is 1. The lowest BCUT2D eigenvalue weighted by atomic mass is 10.00. The topological polar surface area (TPSA) is 41.9 Å². The van der Waals surface area contributed by atoms with E-state index in [0.717, 1.165) is 43.9 Å². The molecule has 4 heteroatoms. The first kappa shape index (κ1) is 12.8. The number of fused-ring (bicyclic) bond motifs is 1. The normalized spacial score (nSPS) is 26.6. The van der Waals surface area contributed by atoms with Crippen molar-refractivity contribution in [1.29, 1.82) is 0 Å². The summed E-state index contributed by atoms with van der Waals surface area (Å²) in [6.45, 7) is 4.56. The summed E-state index contributed by atoms with van der Waals surface area (Å²) >= 11 is 0. The summed E-state index contributed by atoms with van der Waals surface area (Å²) in [4.78, 5) is 2.46. The molecule has 1 aromatic carbocycles. The molecule has 104 valence electrons. The first-order valence-corrected chi connectivity index (χ1v) is 7.03. The predicted octanol–water partition coefficient (Wildman–Crippen LogP) is 1.80. The molecule has 2 heterocycles. The van der Waals surface area contributed by atoms with Crippen LogP contribution in [-0.2, 0) is 6.42 Å². The number of ether oxygens (including phenoxy) is 2. The van der Waals surface area contributed by atoms with Crippen molar-refractivity contribution in [3.63, 3.8) is 0 Å². The minimum absolute atomic E-state index is 0.114. The van der Waals surface area contributed by atoms with E-state index < -0.39 is 0 Å². The fourth-order valence-electron chi connectivity index (χ4n) is 2.90. The number of likely N-dealkylation sites (tertiary alicyclic amines) is 1. The maximum Gasteiger partial charge on any atom is 0.231 e. The first-order chi connectivity index (χ1) is 9.22. The van der Waals surface area contributed by atoms with E-state index in [0.29, 0.717) is 12.8 Å². The Hall–Kier alpha value is -1.26. The molecule has 1 saturated heterocycles. The molecule has 1 N–H and O–H groups in total. The molecule has 0 amide bonds. The monoisotopic (exact) mass is 263 g/mol. The summed E-state index contributed by atoms with van der Waals surface area (Å²) in [7, 11) is 0. The second-order valence-corrected chi connectivity index (χ2v) is 5.50. The number of rotatable bonds is 3. The third kappa shape index (κ3) is 2.85. The first-order valence-electron chi connectivity index (χ1n) is 7.03. The molecule has 2 aliphatic rings. The predicted molar refractivity (Wildman–Crippen MR) is 72.5 cm³/mol. The summed E-state index contributed by atoms with van der Waals surface area (Å²) < 4.78 is 10.7. The SMILES string of the molecule is CC1CC(O)CCN1CCc1ccc2c(c1)OCO2. The van der Waals surface area contributed by atoms with Crippen molar-refractivity contribution in [3.8, 4) is 11.5 Å². The molecular weight excluding hydrogens is 242 g/mol. The van der Waals surface area contributed by atoms with Gasteiger partial charge in [-0.2, -0.15) is 0 Å². The van der Waals surface area contributed by atoms with Gasteiger partial charge in [-0.25, -0.2) is 0 Å². The lowest BCUT2D eigenvalue weighted by molar-refractivity contribution is 0.0490. The Morgan fingerprint density at radius 3 is 3.00 bits per heavy atom. The smallest absolute Gasteiger partial charge is 0.231 e. The fourth-order valence-corrected chi connectivity index (χ4v) is 2.90.